The molecule has 2 bridgehead atoms. The third-order valence-corrected chi connectivity index (χ3v) is 4.86. The Morgan fingerprint density at radius 1 is 1.20 bits per heavy atom. The van der Waals surface area contributed by atoms with Crippen molar-refractivity contribution in [3.8, 4) is 0 Å². The van der Waals surface area contributed by atoms with Gasteiger partial charge in [0.25, 0.3) is 0 Å². The summed E-state index contributed by atoms with van der Waals surface area (Å²) in [6.07, 6.45) is 4.98. The van der Waals surface area contributed by atoms with Crippen molar-refractivity contribution >= 4 is 17.8 Å². The Labute approximate surface area is 117 Å². The fraction of sp³-hybridized carbons (Fsp3) is 0.667. The zero-order valence-electron chi connectivity index (χ0n) is 11.9. The first-order chi connectivity index (χ1) is 9.47. The third-order valence-electron chi connectivity index (χ3n) is 4.86. The van der Waals surface area contributed by atoms with E-state index in [1.165, 1.54) is 12.0 Å². The molecule has 0 unspecified atom stereocenters. The zero-order chi connectivity index (χ0) is 14.6. The summed E-state index contributed by atoms with van der Waals surface area (Å²) in [5.41, 5.74) is 0. The highest BCUT2D eigenvalue weighted by Crippen LogP contribution is 2.53. The average Bonchev–Trinajstić information content (AvgIpc) is 3.07. The van der Waals surface area contributed by atoms with Crippen molar-refractivity contribution in [2.75, 3.05) is 7.11 Å². The van der Waals surface area contributed by atoms with Crippen LogP contribution in [0.5, 0.6) is 0 Å². The normalized spacial score (nSPS) is 35.9. The lowest BCUT2D eigenvalue weighted by Gasteiger charge is -2.28. The van der Waals surface area contributed by atoms with Gasteiger partial charge in [0.2, 0.25) is 11.8 Å². The highest BCUT2D eigenvalue weighted by Gasteiger charge is 2.61. The van der Waals surface area contributed by atoms with E-state index in [2.05, 4.69) is 0 Å². The molecule has 2 fully saturated rings. The standard InChI is InChI=1S/C15H19NO4/c1-7(2)12(15(19)20-3)16-13(17)10-8-4-5-9(6-8)11(10)14(16)18/h4-5,7-12H,6H2,1-3H3/t8-,9-,10-,11+,12-/m0/s1. The van der Waals surface area contributed by atoms with Crippen LogP contribution in [0.2, 0.25) is 0 Å². The van der Waals surface area contributed by atoms with Crippen molar-refractivity contribution in [2.45, 2.75) is 26.3 Å². The number of rotatable bonds is 3. The van der Waals surface area contributed by atoms with Gasteiger partial charge >= 0.3 is 5.97 Å². The maximum absolute atomic E-state index is 12.6. The van der Waals surface area contributed by atoms with E-state index in [4.69, 9.17) is 4.74 Å². The Hall–Kier alpha value is -1.65. The molecular formula is C15H19NO4. The van der Waals surface area contributed by atoms with Crippen molar-refractivity contribution in [2.24, 2.45) is 29.6 Å². The summed E-state index contributed by atoms with van der Waals surface area (Å²) in [4.78, 5) is 38.4. The molecule has 0 aromatic heterocycles. The Bertz CT molecular complexity index is 480. The van der Waals surface area contributed by atoms with Gasteiger partial charge < -0.3 is 4.74 Å². The number of nitrogens with zero attached hydrogens (tertiary/aromatic N) is 1. The number of carbonyl (C=O) groups is 3. The lowest BCUT2D eigenvalue weighted by Crippen LogP contribution is -2.49. The molecule has 5 atom stereocenters. The first kappa shape index (κ1) is 13.3. The number of hydrogen-bond acceptors (Lipinski definition) is 4. The Balaban J connectivity index is 1.94. The molecule has 2 aliphatic carbocycles. The monoisotopic (exact) mass is 277 g/mol. The van der Waals surface area contributed by atoms with Crippen LogP contribution in [0.1, 0.15) is 20.3 Å². The van der Waals surface area contributed by atoms with Gasteiger partial charge in [-0.1, -0.05) is 26.0 Å². The van der Waals surface area contributed by atoms with Crippen molar-refractivity contribution in [3.63, 3.8) is 0 Å². The fourth-order valence-corrected chi connectivity index (χ4v) is 4.00. The summed E-state index contributed by atoms with van der Waals surface area (Å²) in [5, 5.41) is 0. The van der Waals surface area contributed by atoms with Crippen LogP contribution in [0.15, 0.2) is 12.2 Å². The number of methoxy groups -OCH3 is 1. The number of esters is 1. The summed E-state index contributed by atoms with van der Waals surface area (Å²) in [6.45, 7) is 3.65. The number of fused-ring (bicyclic) bond motifs is 5. The van der Waals surface area contributed by atoms with Gasteiger partial charge in [0.05, 0.1) is 18.9 Å². The second kappa shape index (κ2) is 4.43. The lowest BCUT2D eigenvalue weighted by atomic mass is 9.85. The van der Waals surface area contributed by atoms with Crippen LogP contribution in [-0.4, -0.2) is 35.8 Å². The van der Waals surface area contributed by atoms with Crippen molar-refractivity contribution in [1.29, 1.82) is 0 Å². The predicted molar refractivity (Wildman–Crippen MR) is 70.2 cm³/mol. The molecule has 0 aromatic carbocycles. The fourth-order valence-electron chi connectivity index (χ4n) is 4.00. The van der Waals surface area contributed by atoms with Crippen LogP contribution in [0, 0.1) is 29.6 Å². The van der Waals surface area contributed by atoms with E-state index in [9.17, 15) is 14.4 Å². The van der Waals surface area contributed by atoms with E-state index in [0.29, 0.717) is 0 Å². The molecule has 5 heteroatoms. The van der Waals surface area contributed by atoms with Crippen molar-refractivity contribution in [3.05, 3.63) is 12.2 Å². The zero-order valence-corrected chi connectivity index (χ0v) is 11.9. The summed E-state index contributed by atoms with van der Waals surface area (Å²) in [6, 6.07) is -0.801. The van der Waals surface area contributed by atoms with E-state index in [-0.39, 0.29) is 41.4 Å². The minimum atomic E-state index is -0.801. The molecule has 3 aliphatic rings. The Morgan fingerprint density at radius 3 is 2.10 bits per heavy atom. The number of hydrogen-bond donors (Lipinski definition) is 0. The van der Waals surface area contributed by atoms with Crippen LogP contribution in [0.3, 0.4) is 0 Å². The second-order valence-electron chi connectivity index (χ2n) is 6.26. The summed E-state index contributed by atoms with van der Waals surface area (Å²) >= 11 is 0. The van der Waals surface area contributed by atoms with Crippen LogP contribution in [-0.2, 0) is 19.1 Å². The maximum atomic E-state index is 12.6. The Morgan fingerprint density at radius 2 is 1.70 bits per heavy atom. The topological polar surface area (TPSA) is 63.7 Å². The number of allylic oxidation sites excluding steroid dienone is 2. The first-order valence-electron chi connectivity index (χ1n) is 7.10. The minimum absolute atomic E-state index is 0.153. The molecular weight excluding hydrogens is 258 g/mol. The van der Waals surface area contributed by atoms with Crippen molar-refractivity contribution < 1.29 is 19.1 Å². The van der Waals surface area contributed by atoms with Gasteiger partial charge in [0, 0.05) is 0 Å². The number of imide groups is 1. The van der Waals surface area contributed by atoms with Crippen LogP contribution in [0.25, 0.3) is 0 Å². The third kappa shape index (κ3) is 1.58. The number of carbonyl (C=O) groups excluding carboxylic acids is 3. The molecule has 3 rings (SSSR count). The van der Waals surface area contributed by atoms with Crippen molar-refractivity contribution in [1.82, 2.24) is 4.90 Å². The highest BCUT2D eigenvalue weighted by molar-refractivity contribution is 6.09. The lowest BCUT2D eigenvalue weighted by molar-refractivity contribution is -0.159. The van der Waals surface area contributed by atoms with Gasteiger partial charge in [-0.3, -0.25) is 14.5 Å². The number of likely N-dealkylation sites (tertiary alicyclic amines) is 1. The molecule has 20 heavy (non-hydrogen) atoms. The molecule has 2 amide bonds. The molecule has 1 heterocycles. The van der Waals surface area contributed by atoms with Gasteiger partial charge in [-0.15, -0.1) is 0 Å². The quantitative estimate of drug-likeness (QED) is 0.438. The summed E-state index contributed by atoms with van der Waals surface area (Å²) < 4.78 is 4.77. The van der Waals surface area contributed by atoms with E-state index in [1.807, 2.05) is 26.0 Å². The number of ether oxygens (including phenoxy) is 1. The second-order valence-corrected chi connectivity index (χ2v) is 6.26. The van der Waals surface area contributed by atoms with E-state index >= 15 is 0 Å². The van der Waals surface area contributed by atoms with Crippen LogP contribution in [0.4, 0.5) is 0 Å². The smallest absolute Gasteiger partial charge is 0.329 e. The number of amides is 2. The summed E-state index contributed by atoms with van der Waals surface area (Å²) in [5.74, 6) is -1.25. The molecule has 108 valence electrons. The molecule has 1 saturated carbocycles. The minimum Gasteiger partial charge on any atom is -0.467 e. The largest absolute Gasteiger partial charge is 0.467 e. The molecule has 5 nitrogen and oxygen atoms in total. The van der Waals surface area contributed by atoms with Gasteiger partial charge in [0.1, 0.15) is 6.04 Å². The maximum Gasteiger partial charge on any atom is 0.329 e. The molecule has 1 saturated heterocycles. The van der Waals surface area contributed by atoms with Gasteiger partial charge in [-0.05, 0) is 24.2 Å². The first-order valence-corrected chi connectivity index (χ1v) is 7.10. The summed E-state index contributed by atoms with van der Waals surface area (Å²) in [7, 11) is 1.29. The van der Waals surface area contributed by atoms with Gasteiger partial charge in [0.15, 0.2) is 0 Å². The molecule has 0 aromatic rings. The van der Waals surface area contributed by atoms with Gasteiger partial charge in [-0.25, -0.2) is 4.79 Å². The average molecular weight is 277 g/mol. The van der Waals surface area contributed by atoms with E-state index in [1.54, 1.807) is 0 Å². The predicted octanol–water partition coefficient (Wildman–Crippen LogP) is 0.991. The van der Waals surface area contributed by atoms with Crippen LogP contribution >= 0.6 is 0 Å². The molecule has 1 aliphatic heterocycles. The molecule has 0 radical (unpaired) electrons. The van der Waals surface area contributed by atoms with E-state index in [0.717, 1.165) is 6.42 Å². The van der Waals surface area contributed by atoms with Gasteiger partial charge in [-0.2, -0.15) is 0 Å². The van der Waals surface area contributed by atoms with E-state index < -0.39 is 12.0 Å². The molecule has 0 N–H and O–H groups in total. The molecule has 0 spiro atoms. The Kier molecular flexibility index (Phi) is 2.96. The van der Waals surface area contributed by atoms with Crippen LogP contribution < -0.4 is 0 Å². The highest BCUT2D eigenvalue weighted by atomic mass is 16.5. The SMILES string of the molecule is COC(=O)[C@H](C(C)C)N1C(=O)[C@@H]2[C@H](C1=O)[C@H]1C=C[C@H]2C1.